The van der Waals surface area contributed by atoms with Gasteiger partial charge < -0.3 is 4.74 Å². The number of ether oxygens (including phenoxy) is 1. The van der Waals surface area contributed by atoms with Crippen molar-refractivity contribution in [2.45, 2.75) is 4.90 Å². The molecule has 1 aromatic heterocycles. The van der Waals surface area contributed by atoms with Gasteiger partial charge >= 0.3 is 0 Å². The van der Waals surface area contributed by atoms with Crippen LogP contribution in [0.25, 0.3) is 6.08 Å². The molecule has 1 aliphatic heterocycles. The molecule has 0 radical (unpaired) electrons. The van der Waals surface area contributed by atoms with Crippen LogP contribution < -0.4 is 4.74 Å². The van der Waals surface area contributed by atoms with Gasteiger partial charge in [0.1, 0.15) is 12.4 Å². The lowest BCUT2D eigenvalue weighted by atomic mass is 10.2. The second-order valence-corrected chi connectivity index (χ2v) is 6.60. The Morgan fingerprint density at radius 2 is 2.05 bits per heavy atom. The van der Waals surface area contributed by atoms with Crippen LogP contribution in [0.15, 0.2) is 52.5 Å². The number of fused-ring (bicyclic) bond motifs is 1. The van der Waals surface area contributed by atoms with Crippen molar-refractivity contribution in [3.63, 3.8) is 0 Å². The molecule has 3 rings (SSSR count). The number of aromatic nitrogens is 1. The fourth-order valence-electron chi connectivity index (χ4n) is 2.01. The van der Waals surface area contributed by atoms with E-state index in [0.717, 1.165) is 0 Å². The summed E-state index contributed by atoms with van der Waals surface area (Å²) in [6.45, 7) is -0.0426. The first kappa shape index (κ1) is 13.1. The molecule has 0 atom stereocenters. The number of hydrogen-bond acceptors (Lipinski definition) is 4. The van der Waals surface area contributed by atoms with Crippen molar-refractivity contribution in [3.8, 4) is 5.75 Å². The van der Waals surface area contributed by atoms with Crippen molar-refractivity contribution < 1.29 is 13.2 Å². The van der Waals surface area contributed by atoms with Crippen LogP contribution in [0.3, 0.4) is 0 Å². The number of nitrogens with zero attached hydrogens (tertiary/aromatic N) is 1. The van der Waals surface area contributed by atoms with Crippen LogP contribution in [-0.4, -0.2) is 20.0 Å². The van der Waals surface area contributed by atoms with E-state index in [9.17, 15) is 8.42 Å². The number of benzene rings is 1. The maximum Gasteiger partial charge on any atom is 0.208 e. The summed E-state index contributed by atoms with van der Waals surface area (Å²) in [6, 6.07) is 8.44. The maximum atomic E-state index is 12.4. The zero-order valence-electron chi connectivity index (χ0n) is 10.3. The minimum atomic E-state index is -3.56. The molecule has 0 N–H and O–H groups in total. The Balaban J connectivity index is 1.89. The van der Waals surface area contributed by atoms with Crippen molar-refractivity contribution in [3.05, 3.63) is 58.2 Å². The lowest BCUT2D eigenvalue weighted by molar-refractivity contribution is 0.357. The third kappa shape index (κ3) is 2.19. The molecule has 1 aliphatic rings. The predicted octanol–water partition coefficient (Wildman–Crippen LogP) is 2.94. The molecule has 0 fully saturated rings. The Bertz CT molecular complexity index is 785. The van der Waals surface area contributed by atoms with Gasteiger partial charge in [0.25, 0.3) is 0 Å². The van der Waals surface area contributed by atoms with Gasteiger partial charge in [-0.15, -0.1) is 0 Å². The molecular weight excluding hydrogens is 298 g/mol. The molecule has 4 nitrogen and oxygen atoms in total. The highest BCUT2D eigenvalue weighted by Gasteiger charge is 2.32. The summed E-state index contributed by atoms with van der Waals surface area (Å²) in [6.07, 6.45) is 4.74. The van der Waals surface area contributed by atoms with E-state index in [-0.39, 0.29) is 21.4 Å². The van der Waals surface area contributed by atoms with Crippen molar-refractivity contribution in [2.24, 2.45) is 0 Å². The molecule has 0 saturated heterocycles. The first-order valence-electron chi connectivity index (χ1n) is 5.86. The molecule has 0 amide bonds. The number of sulfone groups is 1. The van der Waals surface area contributed by atoms with Gasteiger partial charge in [-0.3, -0.25) is 4.98 Å². The summed E-state index contributed by atoms with van der Waals surface area (Å²) in [5, 5.41) is 0.232. The van der Waals surface area contributed by atoms with Crippen LogP contribution in [-0.2, 0) is 9.84 Å². The lowest BCUT2D eigenvalue weighted by Gasteiger charge is -2.07. The minimum absolute atomic E-state index is 0.0426. The van der Waals surface area contributed by atoms with Crippen LogP contribution in [0.2, 0.25) is 5.02 Å². The summed E-state index contributed by atoms with van der Waals surface area (Å²) in [5.74, 6) is 0.519. The molecule has 20 heavy (non-hydrogen) atoms. The van der Waals surface area contributed by atoms with E-state index in [1.165, 1.54) is 6.20 Å². The molecule has 0 unspecified atom stereocenters. The van der Waals surface area contributed by atoms with E-state index in [1.54, 1.807) is 42.6 Å². The van der Waals surface area contributed by atoms with Crippen molar-refractivity contribution in [1.29, 1.82) is 0 Å². The quantitative estimate of drug-likeness (QED) is 0.875. The van der Waals surface area contributed by atoms with Gasteiger partial charge in [-0.1, -0.05) is 23.7 Å². The first-order valence-corrected chi connectivity index (χ1v) is 7.72. The standard InChI is InChI=1S/C14H10ClNO3S/c15-13-5-1-3-10-7-12(20(17,18)14(10)13)9-19-11-4-2-6-16-8-11/h1-8H,9H2. The van der Waals surface area contributed by atoms with Crippen LogP contribution in [0.1, 0.15) is 5.56 Å². The number of halogens is 1. The van der Waals surface area contributed by atoms with E-state index >= 15 is 0 Å². The fourth-order valence-corrected chi connectivity index (χ4v) is 4.02. The monoisotopic (exact) mass is 307 g/mol. The number of hydrogen-bond donors (Lipinski definition) is 0. The third-order valence-corrected chi connectivity index (χ3v) is 5.29. The minimum Gasteiger partial charge on any atom is -0.487 e. The Hall–Kier alpha value is -1.85. The molecule has 0 bridgehead atoms. The molecule has 2 aromatic rings. The van der Waals surface area contributed by atoms with Crippen LogP contribution >= 0.6 is 11.6 Å². The van der Waals surface area contributed by atoms with Gasteiger partial charge in [-0.25, -0.2) is 8.42 Å². The molecule has 1 aromatic carbocycles. The molecule has 2 heterocycles. The molecule has 0 spiro atoms. The normalized spacial score (nSPS) is 15.6. The molecule has 6 heteroatoms. The van der Waals surface area contributed by atoms with Gasteiger partial charge in [-0.05, 0) is 29.8 Å². The number of rotatable bonds is 3. The Labute approximate surface area is 121 Å². The van der Waals surface area contributed by atoms with Gasteiger partial charge in [0, 0.05) is 6.20 Å². The molecule has 102 valence electrons. The predicted molar refractivity (Wildman–Crippen MR) is 76.3 cm³/mol. The van der Waals surface area contributed by atoms with Gasteiger partial charge in [0.05, 0.1) is 21.0 Å². The SMILES string of the molecule is O=S1(=O)C(COc2cccnc2)=Cc2cccc(Cl)c21. The van der Waals surface area contributed by atoms with Gasteiger partial charge in [0.15, 0.2) is 0 Å². The van der Waals surface area contributed by atoms with Crippen molar-refractivity contribution >= 4 is 27.5 Å². The van der Waals surface area contributed by atoms with Crippen LogP contribution in [0, 0.1) is 0 Å². The van der Waals surface area contributed by atoms with Crippen LogP contribution in [0.4, 0.5) is 0 Å². The fraction of sp³-hybridized carbons (Fsp3) is 0.0714. The van der Waals surface area contributed by atoms with Crippen molar-refractivity contribution in [2.75, 3.05) is 6.61 Å². The van der Waals surface area contributed by atoms with Crippen molar-refractivity contribution in [1.82, 2.24) is 4.98 Å². The van der Waals surface area contributed by atoms with E-state index < -0.39 is 9.84 Å². The lowest BCUT2D eigenvalue weighted by Crippen LogP contribution is -2.09. The highest BCUT2D eigenvalue weighted by molar-refractivity contribution is 7.96. The van der Waals surface area contributed by atoms with E-state index in [4.69, 9.17) is 16.3 Å². The Morgan fingerprint density at radius 3 is 2.75 bits per heavy atom. The maximum absolute atomic E-state index is 12.4. The second kappa shape index (κ2) is 4.92. The van der Waals surface area contributed by atoms with E-state index in [2.05, 4.69) is 4.98 Å². The summed E-state index contributed by atoms with van der Waals surface area (Å²) in [7, 11) is -3.56. The third-order valence-electron chi connectivity index (χ3n) is 2.94. The van der Waals surface area contributed by atoms with Crippen LogP contribution in [0.5, 0.6) is 5.75 Å². The molecule has 0 aliphatic carbocycles. The smallest absolute Gasteiger partial charge is 0.208 e. The largest absolute Gasteiger partial charge is 0.487 e. The summed E-state index contributed by atoms with van der Waals surface area (Å²) in [5.41, 5.74) is 0.599. The average molecular weight is 308 g/mol. The second-order valence-electron chi connectivity index (χ2n) is 4.25. The van der Waals surface area contributed by atoms with Gasteiger partial charge in [0.2, 0.25) is 9.84 Å². The summed E-state index contributed by atoms with van der Waals surface area (Å²) >= 11 is 5.97. The highest BCUT2D eigenvalue weighted by Crippen LogP contribution is 2.37. The first-order chi connectivity index (χ1) is 9.59. The molecule has 0 saturated carbocycles. The topological polar surface area (TPSA) is 56.3 Å². The zero-order chi connectivity index (χ0) is 14.2. The highest BCUT2D eigenvalue weighted by atomic mass is 35.5. The number of pyridine rings is 1. The zero-order valence-corrected chi connectivity index (χ0v) is 11.9. The van der Waals surface area contributed by atoms with E-state index in [1.807, 2.05) is 0 Å². The summed E-state index contributed by atoms with van der Waals surface area (Å²) in [4.78, 5) is 4.26. The summed E-state index contributed by atoms with van der Waals surface area (Å²) < 4.78 is 30.2. The van der Waals surface area contributed by atoms with E-state index in [0.29, 0.717) is 11.3 Å². The average Bonchev–Trinajstić information content (AvgIpc) is 2.70. The molecular formula is C14H10ClNO3S. The Morgan fingerprint density at radius 1 is 1.20 bits per heavy atom. The Kier molecular flexibility index (Phi) is 3.23. The van der Waals surface area contributed by atoms with Gasteiger partial charge in [-0.2, -0.15) is 0 Å².